The van der Waals surface area contributed by atoms with Crippen molar-refractivity contribution in [1.82, 2.24) is 9.55 Å². The molecule has 0 saturated carbocycles. The molecule has 4 aromatic rings. The zero-order valence-corrected chi connectivity index (χ0v) is 18.2. The van der Waals surface area contributed by atoms with Gasteiger partial charge < -0.3 is 0 Å². The number of thiophene rings is 1. The summed E-state index contributed by atoms with van der Waals surface area (Å²) in [6.45, 7) is 4.60. The SMILES string of the molecule is CCCn1c(SCc2ccc(F)c(F)c2)nc2cc(-c3ccc(C)cc3)sc2c1=O. The molecule has 0 amide bonds. The molecule has 154 valence electrons. The Bertz CT molecular complexity index is 1260. The van der Waals surface area contributed by atoms with Crippen LogP contribution in [0.5, 0.6) is 0 Å². The summed E-state index contributed by atoms with van der Waals surface area (Å²) in [5.74, 6) is -1.34. The van der Waals surface area contributed by atoms with E-state index in [1.165, 1.54) is 34.7 Å². The van der Waals surface area contributed by atoms with Gasteiger partial charge in [-0.25, -0.2) is 13.8 Å². The quantitative estimate of drug-likeness (QED) is 0.255. The van der Waals surface area contributed by atoms with E-state index in [1.807, 2.05) is 44.2 Å². The number of rotatable bonds is 6. The second-order valence-electron chi connectivity index (χ2n) is 7.08. The highest BCUT2D eigenvalue weighted by molar-refractivity contribution is 7.98. The fourth-order valence-corrected chi connectivity index (χ4v) is 5.18. The molecule has 0 aliphatic heterocycles. The van der Waals surface area contributed by atoms with Gasteiger partial charge in [0.25, 0.3) is 5.56 Å². The molecule has 0 fully saturated rings. The maximum atomic E-state index is 13.5. The molecule has 0 N–H and O–H groups in total. The normalized spacial score (nSPS) is 11.3. The van der Waals surface area contributed by atoms with E-state index in [0.717, 1.165) is 22.9 Å². The number of aryl methyl sites for hydroxylation is 1. The van der Waals surface area contributed by atoms with Crippen LogP contribution in [0.25, 0.3) is 20.7 Å². The number of halogens is 2. The zero-order valence-electron chi connectivity index (χ0n) is 16.6. The smallest absolute Gasteiger partial charge is 0.272 e. The largest absolute Gasteiger partial charge is 0.286 e. The highest BCUT2D eigenvalue weighted by Gasteiger charge is 2.15. The molecule has 30 heavy (non-hydrogen) atoms. The van der Waals surface area contributed by atoms with Gasteiger partial charge >= 0.3 is 0 Å². The molecule has 0 unspecified atom stereocenters. The van der Waals surface area contributed by atoms with Crippen molar-refractivity contribution in [3.8, 4) is 10.4 Å². The fourth-order valence-electron chi connectivity index (χ4n) is 3.16. The van der Waals surface area contributed by atoms with Crippen molar-refractivity contribution in [3.63, 3.8) is 0 Å². The Hall–Kier alpha value is -2.51. The molecule has 4 rings (SSSR count). The van der Waals surface area contributed by atoms with Crippen LogP contribution in [0.4, 0.5) is 8.78 Å². The Kier molecular flexibility index (Phi) is 6.01. The van der Waals surface area contributed by atoms with E-state index in [9.17, 15) is 13.6 Å². The molecule has 0 saturated heterocycles. The number of hydrogen-bond donors (Lipinski definition) is 0. The first-order valence-corrected chi connectivity index (χ1v) is 11.4. The molecular formula is C23H20F2N2OS2. The lowest BCUT2D eigenvalue weighted by atomic mass is 10.1. The van der Waals surface area contributed by atoms with E-state index < -0.39 is 11.6 Å². The summed E-state index contributed by atoms with van der Waals surface area (Å²) in [5.41, 5.74) is 3.49. The molecule has 3 nitrogen and oxygen atoms in total. The third-order valence-electron chi connectivity index (χ3n) is 4.73. The summed E-state index contributed by atoms with van der Waals surface area (Å²) in [7, 11) is 0. The van der Waals surface area contributed by atoms with Gasteiger partial charge in [-0.05, 0) is 42.7 Å². The molecule has 2 aromatic carbocycles. The van der Waals surface area contributed by atoms with Crippen LogP contribution in [0, 0.1) is 18.6 Å². The van der Waals surface area contributed by atoms with Crippen LogP contribution < -0.4 is 5.56 Å². The minimum atomic E-state index is -0.872. The van der Waals surface area contributed by atoms with E-state index in [4.69, 9.17) is 4.98 Å². The van der Waals surface area contributed by atoms with Gasteiger partial charge in [-0.1, -0.05) is 54.6 Å². The number of benzene rings is 2. The Labute approximate surface area is 181 Å². The lowest BCUT2D eigenvalue weighted by Gasteiger charge is -2.11. The number of hydrogen-bond acceptors (Lipinski definition) is 4. The molecule has 0 spiro atoms. The zero-order chi connectivity index (χ0) is 21.3. The lowest BCUT2D eigenvalue weighted by molar-refractivity contribution is 0.507. The number of nitrogens with zero attached hydrogens (tertiary/aromatic N) is 2. The predicted octanol–water partition coefficient (Wildman–Crippen LogP) is 6.41. The van der Waals surface area contributed by atoms with Gasteiger partial charge in [0.05, 0.1) is 5.52 Å². The predicted molar refractivity (Wildman–Crippen MR) is 120 cm³/mol. The minimum absolute atomic E-state index is 0.0574. The third kappa shape index (κ3) is 4.18. The average Bonchev–Trinajstić information content (AvgIpc) is 3.16. The molecule has 7 heteroatoms. The standard InChI is InChI=1S/C23H20F2N2OS2/c1-3-10-27-22(28)21-19(12-20(30-21)16-7-4-14(2)5-8-16)26-23(27)29-13-15-6-9-17(24)18(25)11-15/h4-9,11-12H,3,10,13H2,1-2H3. The van der Waals surface area contributed by atoms with Gasteiger partial charge in [-0.3, -0.25) is 9.36 Å². The molecule has 2 aromatic heterocycles. The van der Waals surface area contributed by atoms with Crippen LogP contribution in [0.2, 0.25) is 0 Å². The maximum absolute atomic E-state index is 13.5. The highest BCUT2D eigenvalue weighted by Crippen LogP contribution is 2.32. The van der Waals surface area contributed by atoms with E-state index >= 15 is 0 Å². The minimum Gasteiger partial charge on any atom is -0.286 e. The van der Waals surface area contributed by atoms with Crippen LogP contribution in [0.3, 0.4) is 0 Å². The molecule has 0 atom stereocenters. The third-order valence-corrected chi connectivity index (χ3v) is 6.94. The summed E-state index contributed by atoms with van der Waals surface area (Å²) in [5, 5.41) is 0.590. The molecule has 0 aliphatic rings. The highest BCUT2D eigenvalue weighted by atomic mass is 32.2. The van der Waals surface area contributed by atoms with Crippen molar-refractivity contribution in [2.75, 3.05) is 0 Å². The Morgan fingerprint density at radius 3 is 2.53 bits per heavy atom. The number of thioether (sulfide) groups is 1. The summed E-state index contributed by atoms with van der Waals surface area (Å²) >= 11 is 2.81. The number of aromatic nitrogens is 2. The van der Waals surface area contributed by atoms with Crippen LogP contribution in [0.1, 0.15) is 24.5 Å². The monoisotopic (exact) mass is 442 g/mol. The van der Waals surface area contributed by atoms with E-state index in [0.29, 0.717) is 33.2 Å². The van der Waals surface area contributed by atoms with Gasteiger partial charge in [-0.2, -0.15) is 0 Å². The number of fused-ring (bicyclic) bond motifs is 1. The van der Waals surface area contributed by atoms with Crippen molar-refractivity contribution in [2.45, 2.75) is 37.7 Å². The van der Waals surface area contributed by atoms with Crippen LogP contribution >= 0.6 is 23.1 Å². The van der Waals surface area contributed by atoms with Crippen molar-refractivity contribution in [2.24, 2.45) is 0 Å². The van der Waals surface area contributed by atoms with Gasteiger partial charge in [-0.15, -0.1) is 11.3 Å². The second kappa shape index (κ2) is 8.70. The summed E-state index contributed by atoms with van der Waals surface area (Å²) in [6, 6.07) is 14.0. The average molecular weight is 443 g/mol. The van der Waals surface area contributed by atoms with Crippen molar-refractivity contribution in [1.29, 1.82) is 0 Å². The van der Waals surface area contributed by atoms with Gasteiger partial charge in [0.1, 0.15) is 4.70 Å². The van der Waals surface area contributed by atoms with Crippen molar-refractivity contribution >= 4 is 33.3 Å². The van der Waals surface area contributed by atoms with Crippen LogP contribution in [-0.2, 0) is 12.3 Å². The van der Waals surface area contributed by atoms with Gasteiger partial charge in [0.2, 0.25) is 0 Å². The first-order chi connectivity index (χ1) is 14.5. The van der Waals surface area contributed by atoms with E-state index in [1.54, 1.807) is 10.6 Å². The van der Waals surface area contributed by atoms with E-state index in [2.05, 4.69) is 0 Å². The summed E-state index contributed by atoms with van der Waals surface area (Å²) in [6.07, 6.45) is 0.794. The Morgan fingerprint density at radius 2 is 1.83 bits per heavy atom. The molecule has 2 heterocycles. The molecule has 0 aliphatic carbocycles. The Balaban J connectivity index is 1.72. The first kappa shape index (κ1) is 20.8. The fraction of sp³-hybridized carbons (Fsp3) is 0.217. The van der Waals surface area contributed by atoms with Crippen LogP contribution in [0.15, 0.2) is 58.5 Å². The van der Waals surface area contributed by atoms with Crippen molar-refractivity contribution < 1.29 is 8.78 Å². The second-order valence-corrected chi connectivity index (χ2v) is 9.07. The summed E-state index contributed by atoms with van der Waals surface area (Å²) in [4.78, 5) is 18.9. The summed E-state index contributed by atoms with van der Waals surface area (Å²) < 4.78 is 29.0. The van der Waals surface area contributed by atoms with Crippen LogP contribution in [-0.4, -0.2) is 9.55 Å². The topological polar surface area (TPSA) is 34.9 Å². The first-order valence-electron chi connectivity index (χ1n) is 9.64. The molecule has 0 radical (unpaired) electrons. The Morgan fingerprint density at radius 1 is 1.07 bits per heavy atom. The van der Waals surface area contributed by atoms with Gasteiger partial charge in [0.15, 0.2) is 16.8 Å². The maximum Gasteiger partial charge on any atom is 0.272 e. The van der Waals surface area contributed by atoms with Crippen molar-refractivity contribution in [3.05, 3.63) is 81.6 Å². The molecule has 0 bridgehead atoms. The van der Waals surface area contributed by atoms with E-state index in [-0.39, 0.29) is 5.56 Å². The lowest BCUT2D eigenvalue weighted by Crippen LogP contribution is -2.22. The molecular weight excluding hydrogens is 422 g/mol. The van der Waals surface area contributed by atoms with Gasteiger partial charge in [0, 0.05) is 17.2 Å².